The molecule has 1 aliphatic rings. The third-order valence-corrected chi connectivity index (χ3v) is 6.89. The molecule has 182 valence electrons. The zero-order chi connectivity index (χ0) is 26.4. The van der Waals surface area contributed by atoms with Gasteiger partial charge < -0.3 is 15.3 Å². The second kappa shape index (κ2) is 14.5. The molecular weight excluding hydrogens is 592 g/mol. The molecule has 0 spiro atoms. The first kappa shape index (κ1) is 37.6. The minimum Gasteiger partial charge on any atom is -0.872 e. The molecule has 0 aromatic heterocycles. The maximum Gasteiger partial charge on any atom is 1.00 e. The Morgan fingerprint density at radius 1 is 0.947 bits per heavy atom. The van der Waals surface area contributed by atoms with E-state index < -0.39 is 54.6 Å². The number of carboxylic acid groups (broad SMARTS) is 2. The van der Waals surface area contributed by atoms with Crippen LogP contribution in [0.15, 0.2) is 58.0 Å². The summed E-state index contributed by atoms with van der Waals surface area (Å²) >= 11 is 12.7. The molecule has 15 heteroatoms. The molecule has 9 nitrogen and oxygen atoms in total. The largest absolute Gasteiger partial charge is 1.00 e. The number of benzene rings is 2. The van der Waals surface area contributed by atoms with Gasteiger partial charge in [-0.05, 0) is 66.5 Å². The number of allylic oxidation sites excluding steroid dienone is 4. The molecule has 3 N–H and O–H groups in total. The van der Waals surface area contributed by atoms with Crippen molar-refractivity contribution in [2.75, 3.05) is 0 Å². The van der Waals surface area contributed by atoms with Crippen molar-refractivity contribution in [3.63, 3.8) is 0 Å². The summed E-state index contributed by atoms with van der Waals surface area (Å²) in [6, 6.07) is 4.36. The summed E-state index contributed by atoms with van der Waals surface area (Å²) in [4.78, 5) is 35.0. The Kier molecular flexibility index (Phi) is 14.3. The second-order valence-electron chi connectivity index (χ2n) is 7.53. The Hall–Kier alpha value is -0.440. The average molecular weight is 607 g/mol. The number of hydrogen-bond acceptors (Lipinski definition) is 6. The molecule has 0 unspecified atom stereocenters. The van der Waals surface area contributed by atoms with E-state index in [9.17, 15) is 42.7 Å². The van der Waals surface area contributed by atoms with Crippen LogP contribution in [0.25, 0.3) is 5.57 Å². The van der Waals surface area contributed by atoms with Crippen LogP contribution in [0.1, 0.15) is 34.0 Å². The summed E-state index contributed by atoms with van der Waals surface area (Å²) in [6.07, 6.45) is 2.29. The van der Waals surface area contributed by atoms with E-state index in [1.807, 2.05) is 0 Å². The van der Waals surface area contributed by atoms with E-state index in [0.29, 0.717) is 0 Å². The molecule has 0 heterocycles. The predicted octanol–water partition coefficient (Wildman–Crippen LogP) is -5.33. The molecule has 2 aromatic carbocycles. The molecule has 3 rings (SSSR count). The Balaban J connectivity index is 0.00000456. The SMILES string of the molecule is CC1=C/C(=C(\c2cc(C)c([O-])c(C(=O)O)c2)c2c(Cl)ccc(S(=O)(=O)O)c2Cl)C=C(C(=O)O)C1=O.[Na+].[Na+].[Na+]. The number of aromatic carboxylic acids is 1. The summed E-state index contributed by atoms with van der Waals surface area (Å²) in [5.74, 6) is -4.63. The fourth-order valence-corrected chi connectivity index (χ4v) is 4.99. The van der Waals surface area contributed by atoms with Crippen LogP contribution >= 0.6 is 23.2 Å². The number of Topliss-reactive ketones (excluding diaryl/α,β-unsaturated/α-hetero) is 1. The first-order valence-corrected chi connectivity index (χ1v) is 11.8. The molecule has 0 aliphatic heterocycles. The standard InChI is InChI=1S/C23H16Cl2O9S.3Na/c1-9-5-11(7-13(20(9)26)22(28)29)17(12-6-10(2)21(27)14(8-12)23(30)31)18-15(24)3-4-16(19(18)25)35(32,33)34;;;/h3-8,26H,1-2H3,(H,28,29)(H,30,31)(H,32,33,34);;;/q;3*+1/p-1/b17-12-;;;. The third-order valence-electron chi connectivity index (χ3n) is 5.17. The van der Waals surface area contributed by atoms with Crippen molar-refractivity contribution < 1.29 is 131 Å². The van der Waals surface area contributed by atoms with Crippen LogP contribution < -0.4 is 93.8 Å². The van der Waals surface area contributed by atoms with Gasteiger partial charge >= 0.3 is 101 Å². The third kappa shape index (κ3) is 7.64. The molecular formula is C23H15Cl2Na3O9S+2. The molecule has 0 bridgehead atoms. The summed E-state index contributed by atoms with van der Waals surface area (Å²) in [6.45, 7) is 2.70. The number of ketones is 1. The number of aryl methyl sites for hydroxylation is 1. The van der Waals surface area contributed by atoms with Crippen LogP contribution in [0.5, 0.6) is 5.75 Å². The maximum atomic E-state index is 12.3. The van der Waals surface area contributed by atoms with E-state index >= 15 is 0 Å². The molecule has 0 saturated carbocycles. The van der Waals surface area contributed by atoms with Gasteiger partial charge in [0.25, 0.3) is 10.1 Å². The zero-order valence-corrected chi connectivity index (χ0v) is 29.2. The number of halogens is 2. The van der Waals surface area contributed by atoms with Gasteiger partial charge in [0, 0.05) is 5.56 Å². The fraction of sp³-hybridized carbons (Fsp3) is 0.0870. The van der Waals surface area contributed by atoms with Gasteiger partial charge in [-0.15, -0.1) is 0 Å². The van der Waals surface area contributed by atoms with Crippen LogP contribution in [-0.4, -0.2) is 40.9 Å². The van der Waals surface area contributed by atoms with Gasteiger partial charge in [-0.2, -0.15) is 8.42 Å². The number of hydrogen-bond donors (Lipinski definition) is 3. The number of aliphatic carboxylic acids is 1. The minimum absolute atomic E-state index is 0. The van der Waals surface area contributed by atoms with Gasteiger partial charge in [-0.1, -0.05) is 40.6 Å². The van der Waals surface area contributed by atoms with Crippen LogP contribution in [0, 0.1) is 6.92 Å². The fourth-order valence-electron chi connectivity index (χ4n) is 3.57. The van der Waals surface area contributed by atoms with Gasteiger partial charge in [-0.3, -0.25) is 9.35 Å². The van der Waals surface area contributed by atoms with Crippen molar-refractivity contribution in [1.82, 2.24) is 0 Å². The van der Waals surface area contributed by atoms with Crippen LogP contribution in [0.4, 0.5) is 0 Å². The zero-order valence-electron chi connectivity index (χ0n) is 20.9. The van der Waals surface area contributed by atoms with Gasteiger partial charge in [0.1, 0.15) is 10.5 Å². The van der Waals surface area contributed by atoms with Crippen molar-refractivity contribution in [2.45, 2.75) is 18.7 Å². The number of carbonyl (C=O) groups excluding carboxylic acids is 1. The minimum atomic E-state index is -4.84. The molecule has 0 saturated heterocycles. The van der Waals surface area contributed by atoms with Gasteiger partial charge in [0.05, 0.1) is 15.6 Å². The Labute approximate surface area is 294 Å². The summed E-state index contributed by atoms with van der Waals surface area (Å²) < 4.78 is 33.4. The van der Waals surface area contributed by atoms with Crippen molar-refractivity contribution in [1.29, 1.82) is 0 Å². The Bertz CT molecular complexity index is 1550. The number of rotatable bonds is 5. The molecule has 0 atom stereocenters. The van der Waals surface area contributed by atoms with Crippen LogP contribution in [0.3, 0.4) is 0 Å². The topological polar surface area (TPSA) is 169 Å². The molecule has 2 aromatic rings. The second-order valence-corrected chi connectivity index (χ2v) is 9.71. The average Bonchev–Trinajstić information content (AvgIpc) is 2.73. The van der Waals surface area contributed by atoms with E-state index in [0.717, 1.165) is 24.3 Å². The van der Waals surface area contributed by atoms with Crippen molar-refractivity contribution in [3.05, 3.63) is 85.4 Å². The predicted molar refractivity (Wildman–Crippen MR) is 124 cm³/mol. The smallest absolute Gasteiger partial charge is 0.872 e. The first-order valence-electron chi connectivity index (χ1n) is 9.58. The maximum absolute atomic E-state index is 12.3. The van der Waals surface area contributed by atoms with E-state index in [4.69, 9.17) is 23.2 Å². The summed E-state index contributed by atoms with van der Waals surface area (Å²) in [7, 11) is -4.84. The monoisotopic (exact) mass is 606 g/mol. The summed E-state index contributed by atoms with van der Waals surface area (Å²) in [5.41, 5.74) is -1.46. The van der Waals surface area contributed by atoms with Crippen molar-refractivity contribution >= 4 is 56.6 Å². The van der Waals surface area contributed by atoms with Crippen LogP contribution in [0.2, 0.25) is 10.0 Å². The van der Waals surface area contributed by atoms with Gasteiger partial charge in [0.2, 0.25) is 0 Å². The van der Waals surface area contributed by atoms with Crippen molar-refractivity contribution in [2.24, 2.45) is 0 Å². The van der Waals surface area contributed by atoms with Gasteiger partial charge in [0.15, 0.2) is 5.78 Å². The number of carboxylic acids is 2. The quantitative estimate of drug-likeness (QED) is 0.171. The number of carbonyl (C=O) groups is 3. The molecule has 0 amide bonds. The van der Waals surface area contributed by atoms with Gasteiger partial charge in [-0.25, -0.2) is 9.59 Å². The van der Waals surface area contributed by atoms with E-state index in [1.54, 1.807) is 0 Å². The Morgan fingerprint density at radius 2 is 1.53 bits per heavy atom. The van der Waals surface area contributed by atoms with Crippen LogP contribution in [-0.2, 0) is 19.7 Å². The first-order chi connectivity index (χ1) is 16.1. The molecule has 1 aliphatic carbocycles. The van der Waals surface area contributed by atoms with Crippen molar-refractivity contribution in [3.8, 4) is 5.75 Å². The van der Waals surface area contributed by atoms with E-state index in [-0.39, 0.29) is 127 Å². The molecule has 0 radical (unpaired) electrons. The Morgan fingerprint density at radius 3 is 2.03 bits per heavy atom. The van der Waals surface area contributed by atoms with E-state index in [2.05, 4.69) is 0 Å². The molecule has 38 heavy (non-hydrogen) atoms. The van der Waals surface area contributed by atoms with E-state index in [1.165, 1.54) is 26.0 Å². The summed E-state index contributed by atoms with van der Waals surface area (Å²) in [5, 5.41) is 30.7. The molecule has 0 fully saturated rings. The normalized spacial score (nSPS) is 14.2.